The van der Waals surface area contributed by atoms with Crippen LogP contribution in [-0.2, 0) is 17.8 Å². The Morgan fingerprint density at radius 2 is 2.12 bits per heavy atom. The summed E-state index contributed by atoms with van der Waals surface area (Å²) in [4.78, 5) is 10.9. The minimum Gasteiger partial charge on any atom is -0.506 e. The first-order chi connectivity index (χ1) is 7.50. The molecule has 1 aromatic carbocycles. The molecule has 0 aromatic heterocycles. The zero-order valence-electron chi connectivity index (χ0n) is 8.54. The predicted molar refractivity (Wildman–Crippen MR) is 82.8 cm³/mol. The number of phenolic OH excluding ortho intramolecular Hbond substituents is 1. The summed E-state index contributed by atoms with van der Waals surface area (Å²) in [5.74, 6) is -0.542. The molecule has 0 saturated carbocycles. The zero-order valence-corrected chi connectivity index (χ0v) is 13.7. The van der Waals surface area contributed by atoms with Gasteiger partial charge in [0, 0.05) is 6.54 Å². The Morgan fingerprint density at radius 3 is 2.71 bits per heavy atom. The molecular weight excluding hydrogens is 471 g/mol. The third-order valence-electron chi connectivity index (χ3n) is 2.64. The normalized spacial score (nSPS) is 18.1. The molecule has 1 atom stereocenters. The molecule has 0 amide bonds. The van der Waals surface area contributed by atoms with E-state index in [1.165, 1.54) is 0 Å². The van der Waals surface area contributed by atoms with Gasteiger partial charge in [-0.1, -0.05) is 0 Å². The Hall–Kier alpha value is 0.200. The summed E-state index contributed by atoms with van der Waals surface area (Å²) < 4.78 is 1.59. The van der Waals surface area contributed by atoms with Gasteiger partial charge in [-0.3, -0.25) is 10.1 Å². The number of aromatic hydroxyl groups is 1. The second-order valence-electron chi connectivity index (χ2n) is 3.63. The van der Waals surface area contributed by atoms with Crippen molar-refractivity contribution in [2.24, 2.45) is 0 Å². The summed E-state index contributed by atoms with van der Waals surface area (Å²) in [6.45, 7) is 0.495. The number of phenols is 1. The van der Waals surface area contributed by atoms with E-state index in [1.54, 1.807) is 0 Å². The molecule has 94 valence electrons. The number of hydrogen-bond acceptors (Lipinski definition) is 3. The minimum absolute atomic E-state index is 0. The van der Waals surface area contributed by atoms with E-state index in [4.69, 9.17) is 5.11 Å². The maximum Gasteiger partial charge on any atom is 0.321 e. The monoisotopic (exact) mass is 481 g/mol. The lowest BCUT2D eigenvalue weighted by Gasteiger charge is -2.24. The Bertz CT molecular complexity index is 467. The number of carbonyl (C=O) groups is 1. The van der Waals surface area contributed by atoms with Crippen LogP contribution in [0.4, 0.5) is 0 Å². The summed E-state index contributed by atoms with van der Waals surface area (Å²) >= 11 is 4.15. The lowest BCUT2D eigenvalue weighted by Crippen LogP contribution is -2.42. The number of carboxylic acids is 1. The molecule has 17 heavy (non-hydrogen) atoms. The van der Waals surface area contributed by atoms with Crippen LogP contribution in [0.1, 0.15) is 11.1 Å². The molecule has 0 fully saturated rings. The number of benzene rings is 1. The van der Waals surface area contributed by atoms with Gasteiger partial charge < -0.3 is 10.2 Å². The summed E-state index contributed by atoms with van der Waals surface area (Å²) in [6.07, 6.45) is 0.469. The van der Waals surface area contributed by atoms with E-state index < -0.39 is 12.0 Å². The highest BCUT2D eigenvalue weighted by Gasteiger charge is 2.26. The van der Waals surface area contributed by atoms with Gasteiger partial charge in [0.05, 0.1) is 7.14 Å². The van der Waals surface area contributed by atoms with E-state index in [1.807, 2.05) is 6.07 Å². The number of rotatable bonds is 1. The molecule has 1 aliphatic rings. The lowest BCUT2D eigenvalue weighted by molar-refractivity contribution is -0.139. The smallest absolute Gasteiger partial charge is 0.321 e. The number of carboxylic acid groups (broad SMARTS) is 1. The van der Waals surface area contributed by atoms with E-state index in [9.17, 15) is 9.90 Å². The average molecular weight is 481 g/mol. The van der Waals surface area contributed by atoms with Gasteiger partial charge in [0.15, 0.2) is 0 Å². The topological polar surface area (TPSA) is 69.6 Å². The van der Waals surface area contributed by atoms with Crippen molar-refractivity contribution in [1.29, 1.82) is 0 Å². The molecule has 0 bridgehead atoms. The van der Waals surface area contributed by atoms with Gasteiger partial charge in [0.25, 0.3) is 0 Å². The first kappa shape index (κ1) is 15.3. The molecular formula is C10H10ClI2NO3. The highest BCUT2D eigenvalue weighted by molar-refractivity contribution is 14.1. The molecule has 3 N–H and O–H groups in total. The second-order valence-corrected chi connectivity index (χ2v) is 5.88. The van der Waals surface area contributed by atoms with Crippen LogP contribution in [0.25, 0.3) is 0 Å². The van der Waals surface area contributed by atoms with Crippen molar-refractivity contribution in [3.05, 3.63) is 24.3 Å². The van der Waals surface area contributed by atoms with Gasteiger partial charge in [-0.25, -0.2) is 0 Å². The lowest BCUT2D eigenvalue weighted by atomic mass is 9.96. The van der Waals surface area contributed by atoms with Crippen LogP contribution in [0, 0.1) is 7.14 Å². The van der Waals surface area contributed by atoms with Gasteiger partial charge in [0.2, 0.25) is 0 Å². The molecule has 0 radical (unpaired) electrons. The third kappa shape index (κ3) is 2.96. The number of hydrogen-bond donors (Lipinski definition) is 3. The third-order valence-corrected chi connectivity index (χ3v) is 4.62. The van der Waals surface area contributed by atoms with E-state index in [2.05, 4.69) is 50.5 Å². The molecule has 1 aliphatic heterocycles. The van der Waals surface area contributed by atoms with Gasteiger partial charge in [-0.05, 0) is 68.8 Å². The molecule has 1 heterocycles. The fraction of sp³-hybridized carbons (Fsp3) is 0.300. The molecule has 0 saturated heterocycles. The van der Waals surface area contributed by atoms with Crippen LogP contribution in [0.3, 0.4) is 0 Å². The maximum absolute atomic E-state index is 10.9. The Balaban J connectivity index is 0.00000144. The van der Waals surface area contributed by atoms with Gasteiger partial charge >= 0.3 is 5.97 Å². The fourth-order valence-corrected chi connectivity index (χ4v) is 3.75. The standard InChI is InChI=1S/C10H9I2NO3.ClH/c11-6-1-4-2-7(10(15)16)13-3-5(4)8(12)9(6)14;/h1,7,13-14H,2-3H2,(H,15,16);1H/t7-;/m1./s1. The molecule has 0 spiro atoms. The van der Waals surface area contributed by atoms with Gasteiger partial charge in [-0.2, -0.15) is 0 Å². The van der Waals surface area contributed by atoms with E-state index >= 15 is 0 Å². The van der Waals surface area contributed by atoms with E-state index in [-0.39, 0.29) is 18.2 Å². The number of fused-ring (bicyclic) bond motifs is 1. The second kappa shape index (κ2) is 5.89. The zero-order chi connectivity index (χ0) is 11.9. The maximum atomic E-state index is 10.9. The van der Waals surface area contributed by atoms with Crippen molar-refractivity contribution >= 4 is 63.6 Å². The van der Waals surface area contributed by atoms with Crippen LogP contribution >= 0.6 is 57.6 Å². The summed E-state index contributed by atoms with van der Waals surface area (Å²) in [6, 6.07) is 1.34. The first-order valence-electron chi connectivity index (χ1n) is 4.65. The van der Waals surface area contributed by atoms with Crippen molar-refractivity contribution in [3.63, 3.8) is 0 Å². The van der Waals surface area contributed by atoms with Gasteiger partial charge in [0.1, 0.15) is 11.8 Å². The summed E-state index contributed by atoms with van der Waals surface area (Å²) in [7, 11) is 0. The van der Waals surface area contributed by atoms with Crippen molar-refractivity contribution in [3.8, 4) is 5.75 Å². The summed E-state index contributed by atoms with van der Waals surface area (Å²) in [5.41, 5.74) is 2.02. The Morgan fingerprint density at radius 1 is 1.47 bits per heavy atom. The molecule has 4 nitrogen and oxygen atoms in total. The molecule has 1 aromatic rings. The molecule has 0 aliphatic carbocycles. The highest BCUT2D eigenvalue weighted by atomic mass is 127. The number of nitrogens with one attached hydrogen (secondary N) is 1. The minimum atomic E-state index is -0.830. The summed E-state index contributed by atoms with van der Waals surface area (Å²) in [5, 5.41) is 21.7. The largest absolute Gasteiger partial charge is 0.506 e. The van der Waals surface area contributed by atoms with Gasteiger partial charge in [-0.15, -0.1) is 12.4 Å². The quantitative estimate of drug-likeness (QED) is 0.538. The highest BCUT2D eigenvalue weighted by Crippen LogP contribution is 2.33. The Kier molecular flexibility index (Phi) is 5.29. The fourth-order valence-electron chi connectivity index (χ4n) is 1.76. The first-order valence-corrected chi connectivity index (χ1v) is 6.81. The number of aliphatic carboxylic acids is 1. The van der Waals surface area contributed by atoms with E-state index in [0.717, 1.165) is 18.3 Å². The van der Waals surface area contributed by atoms with Crippen molar-refractivity contribution in [2.75, 3.05) is 0 Å². The molecule has 2 rings (SSSR count). The predicted octanol–water partition coefficient (Wildman–Crippen LogP) is 2.12. The van der Waals surface area contributed by atoms with Crippen molar-refractivity contribution in [1.82, 2.24) is 5.32 Å². The Labute approximate surface area is 132 Å². The van der Waals surface area contributed by atoms with E-state index in [0.29, 0.717) is 13.0 Å². The van der Waals surface area contributed by atoms with Crippen molar-refractivity contribution < 1.29 is 15.0 Å². The number of halogens is 3. The average Bonchev–Trinajstić information content (AvgIpc) is 2.25. The van der Waals surface area contributed by atoms with Crippen molar-refractivity contribution in [2.45, 2.75) is 19.0 Å². The van der Waals surface area contributed by atoms with Crippen LogP contribution in [0.5, 0.6) is 5.75 Å². The SMILES string of the molecule is Cl.O=C(O)[C@H]1Cc2cc(I)c(O)c(I)c2CN1. The van der Waals surface area contributed by atoms with Crippen LogP contribution in [0.2, 0.25) is 0 Å². The van der Waals surface area contributed by atoms with Crippen LogP contribution in [0.15, 0.2) is 6.07 Å². The van der Waals surface area contributed by atoms with Crippen LogP contribution < -0.4 is 5.32 Å². The van der Waals surface area contributed by atoms with Crippen LogP contribution in [-0.4, -0.2) is 22.2 Å². The molecule has 0 unspecified atom stereocenters. The molecule has 7 heteroatoms.